The van der Waals surface area contributed by atoms with Gasteiger partial charge in [0.05, 0.1) is 36.3 Å². The van der Waals surface area contributed by atoms with Crippen LogP contribution in [0.5, 0.6) is 0 Å². The van der Waals surface area contributed by atoms with E-state index in [1.54, 1.807) is 16.4 Å². The molecule has 1 aromatic carbocycles. The van der Waals surface area contributed by atoms with Crippen molar-refractivity contribution in [3.8, 4) is 0 Å². The van der Waals surface area contributed by atoms with E-state index in [4.69, 9.17) is 21.1 Å². The summed E-state index contributed by atoms with van der Waals surface area (Å²) in [6.45, 7) is 1.21. The predicted molar refractivity (Wildman–Crippen MR) is 112 cm³/mol. The molecule has 2 heterocycles. The van der Waals surface area contributed by atoms with Crippen LogP contribution in [0.25, 0.3) is 0 Å². The minimum atomic E-state index is -3.84. The molecule has 2 aliphatic carbocycles. The summed E-state index contributed by atoms with van der Waals surface area (Å²) in [6.07, 6.45) is 2.60. The van der Waals surface area contributed by atoms with Crippen molar-refractivity contribution in [2.75, 3.05) is 26.3 Å². The number of carbonyl (C=O) groups excluding carboxylic acids is 1. The number of carbonyl (C=O) groups is 1. The van der Waals surface area contributed by atoms with Crippen LogP contribution in [0.3, 0.4) is 0 Å². The summed E-state index contributed by atoms with van der Waals surface area (Å²) in [7, 11) is -3.84. The standard InChI is InChI=1S/C21H27ClN2O6S/c22-15-3-5-17(6-4-15)31(27,28)24-18(14-1-2-14)12-29-13-19(24)21(8-9-21)30-20(26)23-10-7-16(25)11-23/h3-6,14,16,18-19,25H,1-2,7-13H2/t16-,18-,19+/m0/s1. The number of sulfonamides is 1. The van der Waals surface area contributed by atoms with E-state index in [-0.39, 0.29) is 30.0 Å². The van der Waals surface area contributed by atoms with Gasteiger partial charge in [-0.05, 0) is 62.3 Å². The average molecular weight is 471 g/mol. The maximum absolute atomic E-state index is 13.8. The van der Waals surface area contributed by atoms with Gasteiger partial charge in [0.1, 0.15) is 5.60 Å². The van der Waals surface area contributed by atoms with Gasteiger partial charge in [0.15, 0.2) is 0 Å². The van der Waals surface area contributed by atoms with Crippen molar-refractivity contribution in [3.05, 3.63) is 29.3 Å². The van der Waals surface area contributed by atoms with Gasteiger partial charge in [0.2, 0.25) is 10.0 Å². The van der Waals surface area contributed by atoms with Crippen LogP contribution in [-0.4, -0.2) is 78.9 Å². The van der Waals surface area contributed by atoms with E-state index in [2.05, 4.69) is 0 Å². The topological polar surface area (TPSA) is 96.4 Å². The Morgan fingerprint density at radius 1 is 1.16 bits per heavy atom. The second-order valence-corrected chi connectivity index (χ2v) is 11.3. The lowest BCUT2D eigenvalue weighted by Gasteiger charge is -2.44. The molecule has 2 saturated carbocycles. The Morgan fingerprint density at radius 2 is 1.87 bits per heavy atom. The van der Waals surface area contributed by atoms with Crippen molar-refractivity contribution in [2.24, 2.45) is 5.92 Å². The Labute approximate surface area is 187 Å². The summed E-state index contributed by atoms with van der Waals surface area (Å²) in [5.74, 6) is 0.255. The van der Waals surface area contributed by atoms with Crippen molar-refractivity contribution < 1.29 is 27.8 Å². The number of likely N-dealkylation sites (tertiary alicyclic amines) is 1. The van der Waals surface area contributed by atoms with Gasteiger partial charge in [-0.1, -0.05) is 11.6 Å². The third kappa shape index (κ3) is 4.06. The highest BCUT2D eigenvalue weighted by atomic mass is 35.5. The van der Waals surface area contributed by atoms with Crippen molar-refractivity contribution in [3.63, 3.8) is 0 Å². The lowest BCUT2D eigenvalue weighted by atomic mass is 10.0. The Kier molecular flexibility index (Phi) is 5.45. The van der Waals surface area contributed by atoms with Crippen molar-refractivity contribution >= 4 is 27.7 Å². The van der Waals surface area contributed by atoms with Gasteiger partial charge in [-0.3, -0.25) is 0 Å². The highest BCUT2D eigenvalue weighted by Crippen LogP contribution is 2.50. The lowest BCUT2D eigenvalue weighted by molar-refractivity contribution is -0.0749. The zero-order chi connectivity index (χ0) is 21.8. The van der Waals surface area contributed by atoms with Crippen LogP contribution >= 0.6 is 11.6 Å². The van der Waals surface area contributed by atoms with Crippen LogP contribution in [-0.2, 0) is 19.5 Å². The Balaban J connectivity index is 1.44. The molecule has 8 nitrogen and oxygen atoms in total. The molecule has 1 amide bonds. The van der Waals surface area contributed by atoms with Gasteiger partial charge in [0.25, 0.3) is 0 Å². The van der Waals surface area contributed by atoms with Crippen LogP contribution in [0.4, 0.5) is 4.79 Å². The van der Waals surface area contributed by atoms with Gasteiger partial charge in [-0.25, -0.2) is 13.2 Å². The fraction of sp³-hybridized carbons (Fsp3) is 0.667. The van der Waals surface area contributed by atoms with Gasteiger partial charge < -0.3 is 19.5 Å². The third-order valence-corrected chi connectivity index (χ3v) is 9.02. The largest absolute Gasteiger partial charge is 0.441 e. The number of ether oxygens (including phenoxy) is 2. The molecule has 1 aromatic rings. The molecule has 0 bridgehead atoms. The molecular weight excluding hydrogens is 444 g/mol. The lowest BCUT2D eigenvalue weighted by Crippen LogP contribution is -2.61. The molecule has 5 rings (SSSR count). The summed E-state index contributed by atoms with van der Waals surface area (Å²) in [5.41, 5.74) is -0.891. The SMILES string of the molecule is O=C(OC1([C@H]2COC[C@@H](C3CC3)N2S(=O)(=O)c2ccc(Cl)cc2)CC1)N1CC[C@H](O)C1. The number of hydrogen-bond acceptors (Lipinski definition) is 6. The molecule has 4 fully saturated rings. The summed E-state index contributed by atoms with van der Waals surface area (Å²) >= 11 is 5.97. The second-order valence-electron chi connectivity index (χ2n) is 9.07. The number of β-amino-alcohol motifs (C(OH)–C–C–N with tert-alkyl or cyclic N) is 1. The maximum atomic E-state index is 13.8. The predicted octanol–water partition coefficient (Wildman–Crippen LogP) is 2.24. The maximum Gasteiger partial charge on any atom is 0.410 e. The van der Waals surface area contributed by atoms with E-state index in [1.807, 2.05) is 0 Å². The van der Waals surface area contributed by atoms with E-state index < -0.39 is 33.9 Å². The van der Waals surface area contributed by atoms with Crippen LogP contribution in [0.15, 0.2) is 29.2 Å². The van der Waals surface area contributed by atoms with Crippen molar-refractivity contribution in [1.82, 2.24) is 9.21 Å². The highest BCUT2D eigenvalue weighted by Gasteiger charge is 2.61. The van der Waals surface area contributed by atoms with Crippen molar-refractivity contribution in [2.45, 2.75) is 60.8 Å². The smallest absolute Gasteiger partial charge is 0.410 e. The minimum Gasteiger partial charge on any atom is -0.441 e. The summed E-state index contributed by atoms with van der Waals surface area (Å²) < 4.78 is 40.8. The van der Waals surface area contributed by atoms with Gasteiger partial charge in [-0.2, -0.15) is 4.31 Å². The van der Waals surface area contributed by atoms with Gasteiger partial charge in [-0.15, -0.1) is 0 Å². The zero-order valence-electron chi connectivity index (χ0n) is 17.2. The molecule has 2 saturated heterocycles. The molecule has 2 aliphatic heterocycles. The van der Waals surface area contributed by atoms with Gasteiger partial charge >= 0.3 is 6.09 Å². The summed E-state index contributed by atoms with van der Waals surface area (Å²) in [6, 6.07) is 5.33. The molecule has 3 atom stereocenters. The Morgan fingerprint density at radius 3 is 2.45 bits per heavy atom. The molecule has 0 spiro atoms. The molecule has 0 unspecified atom stereocenters. The number of benzene rings is 1. The number of hydrogen-bond donors (Lipinski definition) is 1. The number of morpholine rings is 1. The van der Waals surface area contributed by atoms with E-state index in [9.17, 15) is 18.3 Å². The van der Waals surface area contributed by atoms with E-state index >= 15 is 0 Å². The number of aliphatic hydroxyl groups excluding tert-OH is 1. The molecule has 0 aromatic heterocycles. The first kappa shape index (κ1) is 21.5. The van der Waals surface area contributed by atoms with Crippen molar-refractivity contribution in [1.29, 1.82) is 0 Å². The molecule has 10 heteroatoms. The fourth-order valence-corrected chi connectivity index (χ4v) is 6.76. The first-order chi connectivity index (χ1) is 14.8. The average Bonchev–Trinajstić information content (AvgIpc) is 3.67. The molecular formula is C21H27ClN2O6S. The summed E-state index contributed by atoms with van der Waals surface area (Å²) in [5, 5.41) is 10.2. The number of aliphatic hydroxyl groups is 1. The first-order valence-electron chi connectivity index (χ1n) is 10.8. The highest BCUT2D eigenvalue weighted by molar-refractivity contribution is 7.89. The van der Waals surface area contributed by atoms with E-state index in [0.717, 1.165) is 12.8 Å². The molecule has 0 radical (unpaired) electrons. The van der Waals surface area contributed by atoms with Crippen LogP contribution in [0.2, 0.25) is 5.02 Å². The van der Waals surface area contributed by atoms with Crippen LogP contribution < -0.4 is 0 Å². The molecule has 170 valence electrons. The normalized spacial score (nSPS) is 30.9. The zero-order valence-corrected chi connectivity index (χ0v) is 18.7. The number of amides is 1. The second kappa shape index (κ2) is 7.88. The Bertz CT molecular complexity index is 947. The number of halogens is 1. The van der Waals surface area contributed by atoms with Crippen LogP contribution in [0, 0.1) is 5.92 Å². The first-order valence-corrected chi connectivity index (χ1v) is 12.6. The molecule has 4 aliphatic rings. The number of rotatable bonds is 5. The number of nitrogens with zero attached hydrogens (tertiary/aromatic N) is 2. The quantitative estimate of drug-likeness (QED) is 0.709. The monoisotopic (exact) mass is 470 g/mol. The third-order valence-electron chi connectivity index (χ3n) is 6.82. The minimum absolute atomic E-state index is 0.180. The summed E-state index contributed by atoms with van der Waals surface area (Å²) in [4.78, 5) is 14.4. The molecule has 31 heavy (non-hydrogen) atoms. The Hall–Kier alpha value is -1.39. The molecule has 1 N–H and O–H groups in total. The van der Waals surface area contributed by atoms with Crippen LogP contribution in [0.1, 0.15) is 32.1 Å². The fourth-order valence-electron chi connectivity index (χ4n) is 4.73. The van der Waals surface area contributed by atoms with E-state index in [0.29, 0.717) is 37.4 Å². The van der Waals surface area contributed by atoms with Gasteiger partial charge in [0, 0.05) is 18.1 Å². The van der Waals surface area contributed by atoms with E-state index in [1.165, 1.54) is 17.0 Å².